The average Bonchev–Trinajstić information content (AvgIpc) is 2.39. The largest absolute Gasteiger partial charge is 0.223 e. The number of rotatable bonds is 3. The predicted molar refractivity (Wildman–Crippen MR) is 78.5 cm³/mol. The van der Waals surface area contributed by atoms with Crippen molar-refractivity contribution in [3.63, 3.8) is 0 Å². The molecular weight excluding hydrogens is 303 g/mol. The lowest BCUT2D eigenvalue weighted by Gasteiger charge is -2.15. The lowest BCUT2D eigenvalue weighted by molar-refractivity contribution is 0.586. The van der Waals surface area contributed by atoms with Crippen LogP contribution in [-0.4, -0.2) is 8.42 Å². The molecule has 0 saturated carbocycles. The van der Waals surface area contributed by atoms with E-state index in [2.05, 4.69) is 0 Å². The van der Waals surface area contributed by atoms with Crippen molar-refractivity contribution >= 4 is 33.0 Å². The normalized spacial score (nSPS) is 13.2. The number of halogens is 2. The van der Waals surface area contributed by atoms with Gasteiger partial charge < -0.3 is 0 Å². The highest BCUT2D eigenvalue weighted by molar-refractivity contribution is 7.91. The fourth-order valence-electron chi connectivity index (χ4n) is 1.81. The third kappa shape index (κ3) is 2.94. The van der Waals surface area contributed by atoms with E-state index in [1.165, 1.54) is 0 Å². The summed E-state index contributed by atoms with van der Waals surface area (Å²) >= 11 is 11.9. The van der Waals surface area contributed by atoms with Gasteiger partial charge in [-0.15, -0.1) is 0 Å². The Morgan fingerprint density at radius 1 is 1.00 bits per heavy atom. The van der Waals surface area contributed by atoms with Crippen LogP contribution in [0.3, 0.4) is 0 Å². The zero-order valence-corrected chi connectivity index (χ0v) is 12.5. The summed E-state index contributed by atoms with van der Waals surface area (Å²) in [7, 11) is -3.45. The minimum atomic E-state index is -3.45. The van der Waals surface area contributed by atoms with Gasteiger partial charge in [0.15, 0.2) is 9.84 Å². The topological polar surface area (TPSA) is 34.1 Å². The third-order valence-corrected chi connectivity index (χ3v) is 5.61. The Morgan fingerprint density at radius 3 is 2.21 bits per heavy atom. The van der Waals surface area contributed by atoms with Crippen LogP contribution in [0.2, 0.25) is 10.0 Å². The van der Waals surface area contributed by atoms with Crippen LogP contribution in [-0.2, 0) is 9.84 Å². The molecule has 0 saturated heterocycles. The molecule has 0 heterocycles. The van der Waals surface area contributed by atoms with Gasteiger partial charge in [0.25, 0.3) is 0 Å². The van der Waals surface area contributed by atoms with E-state index in [0.29, 0.717) is 15.6 Å². The predicted octanol–water partition coefficient (Wildman–Crippen LogP) is 4.53. The van der Waals surface area contributed by atoms with Gasteiger partial charge in [-0.05, 0) is 36.8 Å². The lowest BCUT2D eigenvalue weighted by Crippen LogP contribution is -2.11. The summed E-state index contributed by atoms with van der Waals surface area (Å²) in [5.41, 5.74) is 0.551. The van der Waals surface area contributed by atoms with Crippen LogP contribution in [0, 0.1) is 0 Å². The molecule has 0 aliphatic heterocycles. The molecule has 0 fully saturated rings. The molecule has 19 heavy (non-hydrogen) atoms. The average molecular weight is 315 g/mol. The number of hydrogen-bond acceptors (Lipinski definition) is 2. The van der Waals surface area contributed by atoms with Crippen LogP contribution >= 0.6 is 23.2 Å². The first-order valence-electron chi connectivity index (χ1n) is 5.67. The molecule has 0 aromatic heterocycles. The van der Waals surface area contributed by atoms with Gasteiger partial charge >= 0.3 is 0 Å². The van der Waals surface area contributed by atoms with Crippen molar-refractivity contribution in [1.29, 1.82) is 0 Å². The van der Waals surface area contributed by atoms with E-state index >= 15 is 0 Å². The highest BCUT2D eigenvalue weighted by atomic mass is 35.5. The number of hydrogen-bond donors (Lipinski definition) is 0. The van der Waals surface area contributed by atoms with E-state index < -0.39 is 15.1 Å². The first-order valence-corrected chi connectivity index (χ1v) is 7.97. The SMILES string of the molecule is CC(c1ccc(Cl)cc1Cl)S(=O)(=O)c1ccccc1. The van der Waals surface area contributed by atoms with Gasteiger partial charge in [0.1, 0.15) is 0 Å². The minimum Gasteiger partial charge on any atom is -0.223 e. The van der Waals surface area contributed by atoms with Crippen LogP contribution in [0.25, 0.3) is 0 Å². The Balaban J connectivity index is 2.47. The summed E-state index contributed by atoms with van der Waals surface area (Å²) in [6.45, 7) is 1.62. The molecule has 1 unspecified atom stereocenters. The van der Waals surface area contributed by atoms with E-state index in [1.807, 2.05) is 0 Å². The molecule has 2 aromatic rings. The van der Waals surface area contributed by atoms with Crippen molar-refractivity contribution in [2.75, 3.05) is 0 Å². The second-order valence-electron chi connectivity index (χ2n) is 4.17. The van der Waals surface area contributed by atoms with Crippen LogP contribution in [0.15, 0.2) is 53.4 Å². The molecule has 2 aromatic carbocycles. The molecule has 0 N–H and O–H groups in total. The molecule has 100 valence electrons. The van der Waals surface area contributed by atoms with Gasteiger partial charge in [-0.1, -0.05) is 47.5 Å². The van der Waals surface area contributed by atoms with E-state index in [4.69, 9.17) is 23.2 Å². The fourth-order valence-corrected chi connectivity index (χ4v) is 3.93. The molecule has 0 spiro atoms. The van der Waals surface area contributed by atoms with Crippen molar-refractivity contribution in [2.24, 2.45) is 0 Å². The maximum atomic E-state index is 12.5. The van der Waals surface area contributed by atoms with Crippen molar-refractivity contribution < 1.29 is 8.42 Å². The molecule has 5 heteroatoms. The maximum Gasteiger partial charge on any atom is 0.185 e. The Hall–Kier alpha value is -1.03. The van der Waals surface area contributed by atoms with Crippen LogP contribution in [0.1, 0.15) is 17.7 Å². The second-order valence-corrected chi connectivity index (χ2v) is 7.28. The first kappa shape index (κ1) is 14.4. The molecule has 0 aliphatic carbocycles. The lowest BCUT2D eigenvalue weighted by atomic mass is 10.2. The summed E-state index contributed by atoms with van der Waals surface area (Å²) in [5, 5.41) is 0.122. The molecule has 2 rings (SSSR count). The summed E-state index contributed by atoms with van der Waals surface area (Å²) in [6.07, 6.45) is 0. The van der Waals surface area contributed by atoms with Crippen LogP contribution < -0.4 is 0 Å². The summed E-state index contributed by atoms with van der Waals surface area (Å²) in [5.74, 6) is 0. The minimum absolute atomic E-state index is 0.286. The number of benzene rings is 2. The summed E-state index contributed by atoms with van der Waals surface area (Å²) in [6, 6.07) is 13.2. The second kappa shape index (κ2) is 5.53. The Bertz CT molecular complexity index is 682. The maximum absolute atomic E-state index is 12.5. The zero-order chi connectivity index (χ0) is 14.0. The van der Waals surface area contributed by atoms with Gasteiger partial charge in [-0.2, -0.15) is 0 Å². The van der Waals surface area contributed by atoms with Gasteiger partial charge in [0, 0.05) is 10.0 Å². The van der Waals surface area contributed by atoms with E-state index in [9.17, 15) is 8.42 Å². The highest BCUT2D eigenvalue weighted by Gasteiger charge is 2.26. The monoisotopic (exact) mass is 314 g/mol. The Labute approximate surface area is 122 Å². The van der Waals surface area contributed by atoms with Crippen molar-refractivity contribution in [3.8, 4) is 0 Å². The quantitative estimate of drug-likeness (QED) is 0.834. The third-order valence-electron chi connectivity index (χ3n) is 2.94. The summed E-state index contributed by atoms with van der Waals surface area (Å²) in [4.78, 5) is 0.286. The highest BCUT2D eigenvalue weighted by Crippen LogP contribution is 2.33. The van der Waals surface area contributed by atoms with Gasteiger partial charge in [0.2, 0.25) is 0 Å². The fraction of sp³-hybridized carbons (Fsp3) is 0.143. The molecular formula is C14H12Cl2O2S. The summed E-state index contributed by atoms with van der Waals surface area (Å²) < 4.78 is 25.0. The Kier molecular flexibility index (Phi) is 4.19. The molecule has 0 radical (unpaired) electrons. The van der Waals surface area contributed by atoms with E-state index in [1.54, 1.807) is 55.5 Å². The number of sulfone groups is 1. The standard InChI is InChI=1S/C14H12Cl2O2S/c1-10(13-8-7-11(15)9-14(13)16)19(17,18)12-5-3-2-4-6-12/h2-10H,1H3. The molecule has 0 bridgehead atoms. The van der Waals surface area contributed by atoms with Crippen molar-refractivity contribution in [3.05, 3.63) is 64.1 Å². The van der Waals surface area contributed by atoms with Gasteiger partial charge in [-0.3, -0.25) is 0 Å². The van der Waals surface area contributed by atoms with Gasteiger partial charge in [0.05, 0.1) is 10.1 Å². The van der Waals surface area contributed by atoms with E-state index in [0.717, 1.165) is 0 Å². The van der Waals surface area contributed by atoms with Crippen molar-refractivity contribution in [1.82, 2.24) is 0 Å². The molecule has 2 nitrogen and oxygen atoms in total. The molecule has 0 amide bonds. The van der Waals surface area contributed by atoms with Crippen LogP contribution in [0.5, 0.6) is 0 Å². The first-order chi connectivity index (χ1) is 8.93. The molecule has 1 atom stereocenters. The Morgan fingerprint density at radius 2 is 1.63 bits per heavy atom. The smallest absolute Gasteiger partial charge is 0.185 e. The van der Waals surface area contributed by atoms with E-state index in [-0.39, 0.29) is 4.90 Å². The van der Waals surface area contributed by atoms with Crippen LogP contribution in [0.4, 0.5) is 0 Å². The molecule has 0 aliphatic rings. The zero-order valence-electron chi connectivity index (χ0n) is 10.2. The van der Waals surface area contributed by atoms with Crippen molar-refractivity contribution in [2.45, 2.75) is 17.1 Å². The van der Waals surface area contributed by atoms with Gasteiger partial charge in [-0.25, -0.2) is 8.42 Å².